The molecule has 0 radical (unpaired) electrons. The van der Waals surface area contributed by atoms with E-state index >= 15 is 0 Å². The van der Waals surface area contributed by atoms with Crippen LogP contribution in [0.3, 0.4) is 0 Å². The summed E-state index contributed by atoms with van der Waals surface area (Å²) < 4.78 is 2.15. The molecule has 1 aromatic heterocycles. The zero-order valence-electron chi connectivity index (χ0n) is 14.5. The molecule has 1 saturated carbocycles. The molecule has 2 aromatic rings. The fraction of sp³-hybridized carbons (Fsp3) is 0.500. The van der Waals surface area contributed by atoms with Gasteiger partial charge in [-0.1, -0.05) is 31.0 Å². The topological polar surface area (TPSA) is 54.3 Å². The van der Waals surface area contributed by atoms with Gasteiger partial charge in [0, 0.05) is 43.8 Å². The van der Waals surface area contributed by atoms with Gasteiger partial charge in [-0.3, -0.25) is 9.59 Å². The summed E-state index contributed by atoms with van der Waals surface area (Å²) in [6, 6.07) is 10.7. The van der Waals surface area contributed by atoms with Crippen LogP contribution in [0, 0.1) is 5.92 Å². The number of hydrogen-bond acceptors (Lipinski definition) is 2. The van der Waals surface area contributed by atoms with Gasteiger partial charge >= 0.3 is 0 Å². The Hall–Kier alpha value is -2.30. The molecule has 132 valence electrons. The number of carbonyl (C=O) groups is 2. The van der Waals surface area contributed by atoms with Crippen LogP contribution in [-0.4, -0.2) is 40.4 Å². The number of nitrogens with one attached hydrogen (secondary N) is 1. The van der Waals surface area contributed by atoms with Crippen molar-refractivity contribution in [2.45, 2.75) is 44.7 Å². The van der Waals surface area contributed by atoms with E-state index < -0.39 is 0 Å². The van der Waals surface area contributed by atoms with E-state index in [-0.39, 0.29) is 17.7 Å². The van der Waals surface area contributed by atoms with Crippen molar-refractivity contribution in [3.05, 3.63) is 36.5 Å². The van der Waals surface area contributed by atoms with Crippen molar-refractivity contribution in [3.8, 4) is 0 Å². The molecule has 5 heteroatoms. The third-order valence-electron chi connectivity index (χ3n) is 5.63. The van der Waals surface area contributed by atoms with Crippen LogP contribution in [0.2, 0.25) is 0 Å². The molecule has 2 fully saturated rings. The number of carbonyl (C=O) groups excluding carboxylic acids is 2. The summed E-state index contributed by atoms with van der Waals surface area (Å²) >= 11 is 0. The van der Waals surface area contributed by atoms with Crippen LogP contribution >= 0.6 is 0 Å². The van der Waals surface area contributed by atoms with E-state index in [0.29, 0.717) is 25.6 Å². The number of benzene rings is 1. The Labute approximate surface area is 148 Å². The first kappa shape index (κ1) is 16.2. The lowest BCUT2D eigenvalue weighted by Gasteiger charge is -2.23. The van der Waals surface area contributed by atoms with Crippen LogP contribution in [0.4, 0.5) is 0 Å². The molecular formula is C20H25N3O2. The van der Waals surface area contributed by atoms with E-state index in [4.69, 9.17) is 0 Å². The van der Waals surface area contributed by atoms with Crippen LogP contribution in [0.1, 0.15) is 32.1 Å². The van der Waals surface area contributed by atoms with Gasteiger partial charge in [0.1, 0.15) is 0 Å². The second-order valence-electron chi connectivity index (χ2n) is 7.24. The van der Waals surface area contributed by atoms with Crippen molar-refractivity contribution in [1.29, 1.82) is 0 Å². The SMILES string of the molecule is O=C(NCCn1ccc2ccccc21)[C@H]1CC(=O)N(C2CCCC2)C1. The molecule has 1 aliphatic carbocycles. The Morgan fingerprint density at radius 1 is 1.16 bits per heavy atom. The van der Waals surface area contributed by atoms with Crippen LogP contribution in [0.25, 0.3) is 10.9 Å². The molecule has 1 aliphatic heterocycles. The number of likely N-dealkylation sites (tertiary alicyclic amines) is 1. The predicted molar refractivity (Wildman–Crippen MR) is 97.0 cm³/mol. The molecular weight excluding hydrogens is 314 g/mol. The highest BCUT2D eigenvalue weighted by atomic mass is 16.2. The van der Waals surface area contributed by atoms with Gasteiger partial charge in [0.15, 0.2) is 0 Å². The predicted octanol–water partition coefficient (Wildman–Crippen LogP) is 2.55. The molecule has 4 rings (SSSR count). The number of nitrogens with zero attached hydrogens (tertiary/aromatic N) is 2. The van der Waals surface area contributed by atoms with Crippen molar-refractivity contribution in [2.24, 2.45) is 5.92 Å². The van der Waals surface area contributed by atoms with Crippen molar-refractivity contribution in [2.75, 3.05) is 13.1 Å². The zero-order valence-corrected chi connectivity index (χ0v) is 14.5. The fourth-order valence-electron chi connectivity index (χ4n) is 4.26. The van der Waals surface area contributed by atoms with Gasteiger partial charge in [-0.25, -0.2) is 0 Å². The van der Waals surface area contributed by atoms with E-state index in [9.17, 15) is 9.59 Å². The fourth-order valence-corrected chi connectivity index (χ4v) is 4.26. The van der Waals surface area contributed by atoms with Crippen LogP contribution in [-0.2, 0) is 16.1 Å². The normalized spacial score (nSPS) is 21.4. The highest BCUT2D eigenvalue weighted by molar-refractivity contribution is 5.89. The lowest BCUT2D eigenvalue weighted by molar-refractivity contribution is -0.130. The van der Waals surface area contributed by atoms with Crippen LogP contribution in [0.15, 0.2) is 36.5 Å². The minimum atomic E-state index is -0.186. The largest absolute Gasteiger partial charge is 0.354 e. The van der Waals surface area contributed by atoms with Crippen molar-refractivity contribution < 1.29 is 9.59 Å². The van der Waals surface area contributed by atoms with E-state index in [2.05, 4.69) is 34.3 Å². The Morgan fingerprint density at radius 2 is 1.96 bits per heavy atom. The van der Waals surface area contributed by atoms with E-state index in [1.54, 1.807) is 0 Å². The molecule has 25 heavy (non-hydrogen) atoms. The summed E-state index contributed by atoms with van der Waals surface area (Å²) in [5, 5.41) is 4.23. The molecule has 0 spiro atoms. The Morgan fingerprint density at radius 3 is 2.80 bits per heavy atom. The number of aromatic nitrogens is 1. The van der Waals surface area contributed by atoms with E-state index in [1.807, 2.05) is 17.0 Å². The Balaban J connectivity index is 1.30. The molecule has 2 amide bonds. The van der Waals surface area contributed by atoms with Gasteiger partial charge < -0.3 is 14.8 Å². The lowest BCUT2D eigenvalue weighted by atomic mass is 10.1. The van der Waals surface area contributed by atoms with Gasteiger partial charge in [0.05, 0.1) is 5.92 Å². The highest BCUT2D eigenvalue weighted by Crippen LogP contribution is 2.29. The molecule has 1 N–H and O–H groups in total. The van der Waals surface area contributed by atoms with Crippen molar-refractivity contribution in [1.82, 2.24) is 14.8 Å². The van der Waals surface area contributed by atoms with Crippen LogP contribution in [0.5, 0.6) is 0 Å². The maximum atomic E-state index is 12.4. The van der Waals surface area contributed by atoms with Crippen LogP contribution < -0.4 is 5.32 Å². The second kappa shape index (κ2) is 6.90. The molecule has 2 heterocycles. The van der Waals surface area contributed by atoms with Gasteiger partial charge in [-0.05, 0) is 30.4 Å². The first-order valence-electron chi connectivity index (χ1n) is 9.33. The third-order valence-corrected chi connectivity index (χ3v) is 5.63. The molecule has 0 unspecified atom stereocenters. The van der Waals surface area contributed by atoms with Gasteiger partial charge in [-0.15, -0.1) is 0 Å². The highest BCUT2D eigenvalue weighted by Gasteiger charge is 2.38. The molecule has 1 saturated heterocycles. The van der Waals surface area contributed by atoms with E-state index in [1.165, 1.54) is 23.7 Å². The Bertz CT molecular complexity index is 776. The Kier molecular flexibility index (Phi) is 4.47. The summed E-state index contributed by atoms with van der Waals surface area (Å²) in [5.74, 6) is -0.0109. The summed E-state index contributed by atoms with van der Waals surface area (Å²) in [7, 11) is 0. The number of rotatable bonds is 5. The van der Waals surface area contributed by atoms with Crippen molar-refractivity contribution in [3.63, 3.8) is 0 Å². The molecule has 0 bridgehead atoms. The maximum absolute atomic E-state index is 12.4. The summed E-state index contributed by atoms with van der Waals surface area (Å²) in [5.41, 5.74) is 1.18. The number of amides is 2. The molecule has 1 aromatic carbocycles. The number of fused-ring (bicyclic) bond motifs is 1. The number of para-hydroxylation sites is 1. The summed E-state index contributed by atoms with van der Waals surface area (Å²) in [4.78, 5) is 26.6. The quantitative estimate of drug-likeness (QED) is 0.910. The van der Waals surface area contributed by atoms with E-state index in [0.717, 1.165) is 19.4 Å². The first-order valence-corrected chi connectivity index (χ1v) is 9.33. The summed E-state index contributed by atoms with van der Waals surface area (Å²) in [6.07, 6.45) is 7.03. The average molecular weight is 339 g/mol. The second-order valence-corrected chi connectivity index (χ2v) is 7.24. The third kappa shape index (κ3) is 3.28. The minimum Gasteiger partial charge on any atom is -0.354 e. The lowest BCUT2D eigenvalue weighted by Crippen LogP contribution is -2.37. The molecule has 2 aliphatic rings. The molecule has 1 atom stereocenters. The maximum Gasteiger partial charge on any atom is 0.225 e. The van der Waals surface area contributed by atoms with Crippen molar-refractivity contribution >= 4 is 22.7 Å². The minimum absolute atomic E-state index is 0.0188. The standard InChI is InChI=1S/C20H25N3O2/c24-19-13-16(14-23(19)17-6-2-3-7-17)20(25)21-10-12-22-11-9-15-5-1-4-8-18(15)22/h1,4-5,8-9,11,16-17H,2-3,6-7,10,12-14H2,(H,21,25)/t16-/m0/s1. The zero-order chi connectivity index (χ0) is 17.2. The molecule has 5 nitrogen and oxygen atoms in total. The first-order chi connectivity index (χ1) is 12.2. The van der Waals surface area contributed by atoms with Gasteiger partial charge in [0.2, 0.25) is 11.8 Å². The van der Waals surface area contributed by atoms with Gasteiger partial charge in [-0.2, -0.15) is 0 Å². The average Bonchev–Trinajstić information content (AvgIpc) is 3.34. The smallest absolute Gasteiger partial charge is 0.225 e. The number of hydrogen-bond donors (Lipinski definition) is 1. The summed E-state index contributed by atoms with van der Waals surface area (Å²) in [6.45, 7) is 1.93. The van der Waals surface area contributed by atoms with Gasteiger partial charge in [0.25, 0.3) is 0 Å². The monoisotopic (exact) mass is 339 g/mol.